The quantitative estimate of drug-likeness (QED) is 0.859. The van der Waals surface area contributed by atoms with Gasteiger partial charge in [-0.05, 0) is 25.5 Å². The fourth-order valence-corrected chi connectivity index (χ4v) is 2.42. The molecule has 84 valence electrons. The van der Waals surface area contributed by atoms with Crippen molar-refractivity contribution >= 4 is 32.7 Å². The SMILES string of the molecule is Cc1cccc2nc(N[C@H](C)C(=O)O)sc12. The Morgan fingerprint density at radius 1 is 1.56 bits per heavy atom. The van der Waals surface area contributed by atoms with Crippen molar-refractivity contribution in [1.29, 1.82) is 0 Å². The van der Waals surface area contributed by atoms with E-state index in [9.17, 15) is 4.79 Å². The molecule has 2 N–H and O–H groups in total. The van der Waals surface area contributed by atoms with Crippen LogP contribution in [0.3, 0.4) is 0 Å². The van der Waals surface area contributed by atoms with Crippen LogP contribution in [0.15, 0.2) is 18.2 Å². The Morgan fingerprint density at radius 2 is 2.31 bits per heavy atom. The van der Waals surface area contributed by atoms with Crippen LogP contribution in [0.2, 0.25) is 0 Å². The van der Waals surface area contributed by atoms with Crippen LogP contribution in [0.5, 0.6) is 0 Å². The third-order valence-electron chi connectivity index (χ3n) is 2.32. The van der Waals surface area contributed by atoms with Gasteiger partial charge in [0, 0.05) is 0 Å². The van der Waals surface area contributed by atoms with Gasteiger partial charge in [-0.1, -0.05) is 23.5 Å². The summed E-state index contributed by atoms with van der Waals surface area (Å²) < 4.78 is 1.10. The van der Waals surface area contributed by atoms with Crippen LogP contribution in [-0.2, 0) is 4.79 Å². The molecule has 16 heavy (non-hydrogen) atoms. The summed E-state index contributed by atoms with van der Waals surface area (Å²) in [5, 5.41) is 12.3. The Labute approximate surface area is 96.9 Å². The number of anilines is 1. The molecule has 0 bridgehead atoms. The van der Waals surface area contributed by atoms with E-state index < -0.39 is 12.0 Å². The van der Waals surface area contributed by atoms with Gasteiger partial charge in [0.15, 0.2) is 5.13 Å². The number of carbonyl (C=O) groups is 1. The second-order valence-corrected chi connectivity index (χ2v) is 4.65. The van der Waals surface area contributed by atoms with Crippen molar-refractivity contribution in [3.63, 3.8) is 0 Å². The molecule has 0 aliphatic rings. The Hall–Kier alpha value is -1.62. The topological polar surface area (TPSA) is 62.2 Å². The van der Waals surface area contributed by atoms with Gasteiger partial charge in [0.05, 0.1) is 10.2 Å². The van der Waals surface area contributed by atoms with Gasteiger partial charge in [0.25, 0.3) is 0 Å². The number of nitrogens with one attached hydrogen (secondary N) is 1. The van der Waals surface area contributed by atoms with Crippen molar-refractivity contribution in [1.82, 2.24) is 4.98 Å². The fraction of sp³-hybridized carbons (Fsp3) is 0.273. The van der Waals surface area contributed by atoms with Crippen molar-refractivity contribution in [3.05, 3.63) is 23.8 Å². The van der Waals surface area contributed by atoms with E-state index in [1.807, 2.05) is 25.1 Å². The summed E-state index contributed by atoms with van der Waals surface area (Å²) in [5.41, 5.74) is 2.07. The molecule has 0 saturated heterocycles. The molecule has 2 rings (SSSR count). The van der Waals surface area contributed by atoms with E-state index in [-0.39, 0.29) is 0 Å². The van der Waals surface area contributed by atoms with E-state index in [0.717, 1.165) is 15.8 Å². The number of carboxylic acid groups (broad SMARTS) is 1. The normalized spacial score (nSPS) is 12.6. The molecule has 4 nitrogen and oxygen atoms in total. The molecule has 0 radical (unpaired) electrons. The molecule has 2 aromatic rings. The zero-order valence-electron chi connectivity index (χ0n) is 9.02. The molecule has 0 saturated carbocycles. The van der Waals surface area contributed by atoms with Gasteiger partial charge in [-0.25, -0.2) is 4.98 Å². The lowest BCUT2D eigenvalue weighted by Crippen LogP contribution is -2.25. The Morgan fingerprint density at radius 3 is 2.94 bits per heavy atom. The molecule has 0 spiro atoms. The number of aryl methyl sites for hydroxylation is 1. The molecule has 0 unspecified atom stereocenters. The summed E-state index contributed by atoms with van der Waals surface area (Å²) in [5.74, 6) is -0.879. The van der Waals surface area contributed by atoms with Gasteiger partial charge >= 0.3 is 5.97 Å². The minimum atomic E-state index is -0.879. The zero-order valence-corrected chi connectivity index (χ0v) is 9.84. The summed E-state index contributed by atoms with van der Waals surface area (Å²) >= 11 is 1.48. The number of carboxylic acids is 1. The number of thiazole rings is 1. The average molecular weight is 236 g/mol. The number of aliphatic carboxylic acids is 1. The van der Waals surface area contributed by atoms with E-state index in [1.54, 1.807) is 6.92 Å². The van der Waals surface area contributed by atoms with Crippen LogP contribution < -0.4 is 5.32 Å². The van der Waals surface area contributed by atoms with Crippen molar-refractivity contribution in [2.45, 2.75) is 19.9 Å². The molecule has 1 aromatic heterocycles. The largest absolute Gasteiger partial charge is 0.480 e. The summed E-state index contributed by atoms with van der Waals surface area (Å²) in [4.78, 5) is 15.0. The molecule has 5 heteroatoms. The summed E-state index contributed by atoms with van der Waals surface area (Å²) in [6.45, 7) is 3.62. The number of hydrogen-bond donors (Lipinski definition) is 2. The van der Waals surface area contributed by atoms with Crippen molar-refractivity contribution in [2.75, 3.05) is 5.32 Å². The maximum atomic E-state index is 10.7. The highest BCUT2D eigenvalue weighted by Crippen LogP contribution is 2.28. The number of nitrogens with zero attached hydrogens (tertiary/aromatic N) is 1. The lowest BCUT2D eigenvalue weighted by molar-refractivity contribution is -0.137. The molecule has 1 aromatic carbocycles. The van der Waals surface area contributed by atoms with Crippen molar-refractivity contribution < 1.29 is 9.90 Å². The van der Waals surface area contributed by atoms with Gasteiger partial charge in [0.1, 0.15) is 6.04 Å². The first-order valence-electron chi connectivity index (χ1n) is 4.93. The van der Waals surface area contributed by atoms with Crippen LogP contribution in [-0.4, -0.2) is 22.1 Å². The summed E-state index contributed by atoms with van der Waals surface area (Å²) in [6.07, 6.45) is 0. The molecule has 0 aliphatic carbocycles. The first-order valence-corrected chi connectivity index (χ1v) is 5.75. The van der Waals surface area contributed by atoms with E-state index in [4.69, 9.17) is 5.11 Å². The summed E-state index contributed by atoms with van der Waals surface area (Å²) in [7, 11) is 0. The second kappa shape index (κ2) is 4.09. The minimum Gasteiger partial charge on any atom is -0.480 e. The monoisotopic (exact) mass is 236 g/mol. The molecule has 1 heterocycles. The lowest BCUT2D eigenvalue weighted by atomic mass is 10.2. The van der Waals surface area contributed by atoms with Gasteiger partial charge < -0.3 is 10.4 Å². The average Bonchev–Trinajstić information content (AvgIpc) is 2.61. The first kappa shape index (κ1) is 10.9. The predicted octanol–water partition coefficient (Wildman–Crippen LogP) is 2.49. The molecular formula is C11H12N2O2S. The molecule has 0 fully saturated rings. The van der Waals surface area contributed by atoms with Crippen LogP contribution in [0.4, 0.5) is 5.13 Å². The first-order chi connectivity index (χ1) is 7.58. The van der Waals surface area contributed by atoms with Crippen LogP contribution in [0, 0.1) is 6.92 Å². The number of benzene rings is 1. The van der Waals surface area contributed by atoms with Crippen LogP contribution >= 0.6 is 11.3 Å². The van der Waals surface area contributed by atoms with Crippen molar-refractivity contribution in [2.24, 2.45) is 0 Å². The summed E-state index contributed by atoms with van der Waals surface area (Å²) in [6, 6.07) is 5.27. The molecular weight excluding hydrogens is 224 g/mol. The number of rotatable bonds is 3. The minimum absolute atomic E-state index is 0.624. The third-order valence-corrected chi connectivity index (χ3v) is 3.46. The predicted molar refractivity (Wildman–Crippen MR) is 65.1 cm³/mol. The highest BCUT2D eigenvalue weighted by atomic mass is 32.1. The van der Waals surface area contributed by atoms with Crippen LogP contribution in [0.25, 0.3) is 10.2 Å². The molecule has 0 amide bonds. The highest BCUT2D eigenvalue weighted by molar-refractivity contribution is 7.22. The molecule has 1 atom stereocenters. The molecule has 0 aliphatic heterocycles. The second-order valence-electron chi connectivity index (χ2n) is 3.65. The Bertz CT molecular complexity index is 536. The van der Waals surface area contributed by atoms with Gasteiger partial charge in [-0.15, -0.1) is 0 Å². The zero-order chi connectivity index (χ0) is 11.7. The number of hydrogen-bond acceptors (Lipinski definition) is 4. The number of fused-ring (bicyclic) bond motifs is 1. The van der Waals surface area contributed by atoms with Crippen LogP contribution in [0.1, 0.15) is 12.5 Å². The van der Waals surface area contributed by atoms with Gasteiger partial charge in [-0.3, -0.25) is 4.79 Å². The van der Waals surface area contributed by atoms with E-state index in [1.165, 1.54) is 11.3 Å². The van der Waals surface area contributed by atoms with E-state index >= 15 is 0 Å². The number of aromatic nitrogens is 1. The lowest BCUT2D eigenvalue weighted by Gasteiger charge is -2.05. The Balaban J connectivity index is 2.33. The maximum absolute atomic E-state index is 10.7. The smallest absolute Gasteiger partial charge is 0.325 e. The maximum Gasteiger partial charge on any atom is 0.325 e. The van der Waals surface area contributed by atoms with E-state index in [2.05, 4.69) is 10.3 Å². The van der Waals surface area contributed by atoms with Crippen molar-refractivity contribution in [3.8, 4) is 0 Å². The Kier molecular flexibility index (Phi) is 2.78. The van der Waals surface area contributed by atoms with E-state index in [0.29, 0.717) is 5.13 Å². The third kappa shape index (κ3) is 1.99. The fourth-order valence-electron chi connectivity index (χ4n) is 1.40. The van der Waals surface area contributed by atoms with Gasteiger partial charge in [0.2, 0.25) is 0 Å². The van der Waals surface area contributed by atoms with Gasteiger partial charge in [-0.2, -0.15) is 0 Å². The highest BCUT2D eigenvalue weighted by Gasteiger charge is 2.13. The standard InChI is InChI=1S/C11H12N2O2S/c1-6-4-3-5-8-9(6)16-11(13-8)12-7(2)10(14)15/h3-5,7H,1-2H3,(H,12,13)(H,14,15)/t7-/m1/s1.